The third-order valence-corrected chi connectivity index (χ3v) is 3.93. The van der Waals surface area contributed by atoms with Crippen LogP contribution in [0.4, 0.5) is 0 Å². The van der Waals surface area contributed by atoms with Crippen molar-refractivity contribution in [2.75, 3.05) is 13.2 Å². The van der Waals surface area contributed by atoms with Crippen LogP contribution in [0.2, 0.25) is 0 Å². The highest BCUT2D eigenvalue weighted by Gasteiger charge is 2.20. The lowest BCUT2D eigenvalue weighted by molar-refractivity contribution is 0.0659. The average Bonchev–Trinajstić information content (AvgIpc) is 2.25. The fourth-order valence-corrected chi connectivity index (χ4v) is 2.56. The van der Waals surface area contributed by atoms with Crippen molar-refractivity contribution in [2.24, 2.45) is 0 Å². The quantitative estimate of drug-likeness (QED) is 0.413. The lowest BCUT2D eigenvalue weighted by Gasteiger charge is -2.18. The molecule has 0 rings (SSSR count). The summed E-state index contributed by atoms with van der Waals surface area (Å²) < 4.78 is 16.6. The molecule has 1 unspecified atom stereocenters. The lowest BCUT2D eigenvalue weighted by Crippen LogP contribution is -2.31. The molecule has 4 heteroatoms. The van der Waals surface area contributed by atoms with Gasteiger partial charge in [0.15, 0.2) is 0 Å². The molecule has 3 nitrogen and oxygen atoms in total. The topological polar surface area (TPSA) is 27.7 Å². The van der Waals surface area contributed by atoms with Crippen molar-refractivity contribution in [3.05, 3.63) is 0 Å². The van der Waals surface area contributed by atoms with E-state index in [1.807, 2.05) is 13.8 Å². The highest BCUT2D eigenvalue weighted by molar-refractivity contribution is 6.36. The van der Waals surface area contributed by atoms with E-state index < -0.39 is 9.53 Å². The van der Waals surface area contributed by atoms with Gasteiger partial charge in [-0.1, -0.05) is 32.6 Å². The fourth-order valence-electron chi connectivity index (χ4n) is 1.43. The van der Waals surface area contributed by atoms with Gasteiger partial charge in [0.05, 0.1) is 0 Å². The van der Waals surface area contributed by atoms with E-state index in [0.717, 1.165) is 6.42 Å². The zero-order valence-electron chi connectivity index (χ0n) is 11.3. The third kappa shape index (κ3) is 9.33. The van der Waals surface area contributed by atoms with Gasteiger partial charge in [0, 0.05) is 19.3 Å². The molecular formula is C12H27O3Si. The van der Waals surface area contributed by atoms with E-state index in [9.17, 15) is 0 Å². The van der Waals surface area contributed by atoms with E-state index in [-0.39, 0.29) is 6.10 Å². The van der Waals surface area contributed by atoms with Gasteiger partial charge in [-0.15, -0.1) is 0 Å². The van der Waals surface area contributed by atoms with Gasteiger partial charge in [-0.05, 0) is 27.2 Å². The number of rotatable bonds is 11. The van der Waals surface area contributed by atoms with Gasteiger partial charge in [0.2, 0.25) is 0 Å². The number of unbranched alkanes of at least 4 members (excludes halogenated alkanes) is 3. The van der Waals surface area contributed by atoms with Crippen molar-refractivity contribution < 1.29 is 13.3 Å². The smallest absolute Gasteiger partial charge is 0.371 e. The van der Waals surface area contributed by atoms with E-state index in [1.54, 1.807) is 0 Å². The Bertz CT molecular complexity index is 138. The molecule has 97 valence electrons. The van der Waals surface area contributed by atoms with Crippen LogP contribution in [0.25, 0.3) is 0 Å². The van der Waals surface area contributed by atoms with Crippen LogP contribution >= 0.6 is 0 Å². The van der Waals surface area contributed by atoms with Crippen LogP contribution in [0, 0.1) is 0 Å². The van der Waals surface area contributed by atoms with E-state index in [1.165, 1.54) is 25.7 Å². The average molecular weight is 247 g/mol. The second-order valence-corrected chi connectivity index (χ2v) is 5.21. The summed E-state index contributed by atoms with van der Waals surface area (Å²) in [7, 11) is -1.49. The van der Waals surface area contributed by atoms with E-state index >= 15 is 0 Å². The summed E-state index contributed by atoms with van der Waals surface area (Å²) in [6, 6.07) is 0. The molecule has 0 N–H and O–H groups in total. The van der Waals surface area contributed by atoms with Gasteiger partial charge in [-0.25, -0.2) is 0 Å². The van der Waals surface area contributed by atoms with Crippen LogP contribution in [-0.2, 0) is 13.3 Å². The summed E-state index contributed by atoms with van der Waals surface area (Å²) in [6.07, 6.45) is 6.50. The molecule has 0 heterocycles. The van der Waals surface area contributed by atoms with Gasteiger partial charge in [-0.2, -0.15) is 0 Å². The van der Waals surface area contributed by atoms with Crippen molar-refractivity contribution in [1.82, 2.24) is 0 Å². The zero-order chi connectivity index (χ0) is 12.2. The highest BCUT2D eigenvalue weighted by Crippen LogP contribution is 2.09. The first-order valence-electron chi connectivity index (χ1n) is 6.53. The SMILES string of the molecule is CCCCCCC(C)O[Si](OCC)OCC. The van der Waals surface area contributed by atoms with Crippen LogP contribution < -0.4 is 0 Å². The molecule has 16 heavy (non-hydrogen) atoms. The van der Waals surface area contributed by atoms with Crippen molar-refractivity contribution in [2.45, 2.75) is 65.9 Å². The summed E-state index contributed by atoms with van der Waals surface area (Å²) in [4.78, 5) is 0. The molecule has 0 aromatic heterocycles. The summed E-state index contributed by atoms with van der Waals surface area (Å²) in [5.41, 5.74) is 0. The maximum Gasteiger partial charge on any atom is 0.577 e. The minimum Gasteiger partial charge on any atom is -0.371 e. The molecular weight excluding hydrogens is 220 g/mol. The Hall–Kier alpha value is 0.0969. The standard InChI is InChI=1S/C12H27O3Si/c1-5-8-9-10-11-12(4)15-16(13-6-2)14-7-3/h12H,5-11H2,1-4H3. The summed E-state index contributed by atoms with van der Waals surface area (Å²) >= 11 is 0. The van der Waals surface area contributed by atoms with E-state index in [2.05, 4.69) is 13.8 Å². The van der Waals surface area contributed by atoms with Crippen molar-refractivity contribution in [1.29, 1.82) is 0 Å². The first-order valence-corrected chi connectivity index (χ1v) is 7.76. The molecule has 0 amide bonds. The van der Waals surface area contributed by atoms with Crippen LogP contribution in [0.5, 0.6) is 0 Å². The number of hydrogen-bond acceptors (Lipinski definition) is 3. The highest BCUT2D eigenvalue weighted by atomic mass is 28.3. The first-order chi connectivity index (χ1) is 7.74. The molecule has 0 saturated heterocycles. The van der Waals surface area contributed by atoms with Crippen LogP contribution in [0.3, 0.4) is 0 Å². The monoisotopic (exact) mass is 247 g/mol. The summed E-state index contributed by atoms with van der Waals surface area (Å²) in [5, 5.41) is 0. The van der Waals surface area contributed by atoms with Gasteiger partial charge in [0.1, 0.15) is 0 Å². The van der Waals surface area contributed by atoms with Crippen LogP contribution in [0.15, 0.2) is 0 Å². The summed E-state index contributed by atoms with van der Waals surface area (Å²) in [6.45, 7) is 9.60. The summed E-state index contributed by atoms with van der Waals surface area (Å²) in [5.74, 6) is 0. The molecule has 0 aromatic carbocycles. The molecule has 0 aliphatic heterocycles. The molecule has 0 aliphatic carbocycles. The van der Waals surface area contributed by atoms with Gasteiger partial charge < -0.3 is 13.3 Å². The zero-order valence-corrected chi connectivity index (χ0v) is 12.3. The Kier molecular flexibility index (Phi) is 11.6. The van der Waals surface area contributed by atoms with E-state index in [4.69, 9.17) is 13.3 Å². The molecule has 1 radical (unpaired) electrons. The maximum absolute atomic E-state index is 5.77. The van der Waals surface area contributed by atoms with Crippen molar-refractivity contribution in [3.63, 3.8) is 0 Å². The molecule has 0 saturated carbocycles. The predicted molar refractivity (Wildman–Crippen MR) is 68.3 cm³/mol. The van der Waals surface area contributed by atoms with Crippen molar-refractivity contribution in [3.8, 4) is 0 Å². The van der Waals surface area contributed by atoms with E-state index in [0.29, 0.717) is 13.2 Å². The molecule has 0 aromatic rings. The van der Waals surface area contributed by atoms with Crippen LogP contribution in [0.1, 0.15) is 59.8 Å². The van der Waals surface area contributed by atoms with Crippen molar-refractivity contribution >= 4 is 9.53 Å². The normalized spacial score (nSPS) is 13.3. The second-order valence-electron chi connectivity index (χ2n) is 3.89. The molecule has 0 spiro atoms. The minimum absolute atomic E-state index is 0.254. The number of hydrogen-bond donors (Lipinski definition) is 0. The van der Waals surface area contributed by atoms with Gasteiger partial charge in [0.25, 0.3) is 0 Å². The predicted octanol–water partition coefficient (Wildman–Crippen LogP) is 3.42. The van der Waals surface area contributed by atoms with Gasteiger partial charge in [-0.3, -0.25) is 0 Å². The Balaban J connectivity index is 3.59. The largest absolute Gasteiger partial charge is 0.577 e. The fraction of sp³-hybridized carbons (Fsp3) is 1.00. The Morgan fingerprint density at radius 1 is 0.938 bits per heavy atom. The molecule has 0 bridgehead atoms. The molecule has 1 atom stereocenters. The van der Waals surface area contributed by atoms with Gasteiger partial charge >= 0.3 is 9.53 Å². The second kappa shape index (κ2) is 11.6. The lowest BCUT2D eigenvalue weighted by atomic mass is 10.1. The Morgan fingerprint density at radius 3 is 2.06 bits per heavy atom. The Labute approximate surface area is 102 Å². The minimum atomic E-state index is -1.49. The third-order valence-electron chi connectivity index (χ3n) is 2.29. The molecule has 0 fully saturated rings. The molecule has 0 aliphatic rings. The maximum atomic E-state index is 5.77. The first kappa shape index (κ1) is 16.1. The Morgan fingerprint density at radius 2 is 1.56 bits per heavy atom. The van der Waals surface area contributed by atoms with Crippen LogP contribution in [-0.4, -0.2) is 28.8 Å².